The van der Waals surface area contributed by atoms with Crippen molar-refractivity contribution in [1.29, 1.82) is 0 Å². The Kier molecular flexibility index (Phi) is 4.72. The Hall–Kier alpha value is -1.47. The first-order chi connectivity index (χ1) is 9.49. The molecule has 2 rings (SSSR count). The number of nitrogens with zero attached hydrogens (tertiary/aromatic N) is 1. The van der Waals surface area contributed by atoms with Crippen LogP contribution in [-0.4, -0.2) is 30.1 Å². The molecule has 1 aromatic rings. The van der Waals surface area contributed by atoms with Gasteiger partial charge in [-0.05, 0) is 35.3 Å². The van der Waals surface area contributed by atoms with Gasteiger partial charge in [0.2, 0.25) is 0 Å². The van der Waals surface area contributed by atoms with Gasteiger partial charge in [0.1, 0.15) is 0 Å². The standard InChI is InChI=1S/C13H15BrN2O4/c1-8(9-4-5-20-7-9)15-13(17)11-6-10(16(18)19)2-3-12(11)14/h2-3,6,8-9H,4-5,7H2,1H3,(H,15,17). The minimum atomic E-state index is -0.516. The highest BCUT2D eigenvalue weighted by atomic mass is 79.9. The van der Waals surface area contributed by atoms with Crippen molar-refractivity contribution in [3.05, 3.63) is 38.3 Å². The van der Waals surface area contributed by atoms with Crippen LogP contribution in [0.4, 0.5) is 5.69 Å². The van der Waals surface area contributed by atoms with Crippen molar-refractivity contribution < 1.29 is 14.5 Å². The van der Waals surface area contributed by atoms with Gasteiger partial charge in [-0.1, -0.05) is 0 Å². The Morgan fingerprint density at radius 1 is 1.60 bits per heavy atom. The second-order valence-electron chi connectivity index (χ2n) is 4.81. The molecule has 0 radical (unpaired) electrons. The molecule has 1 saturated heterocycles. The van der Waals surface area contributed by atoms with Gasteiger partial charge in [-0.2, -0.15) is 0 Å². The molecule has 0 saturated carbocycles. The predicted octanol–water partition coefficient (Wildman–Crippen LogP) is 2.51. The van der Waals surface area contributed by atoms with Gasteiger partial charge < -0.3 is 10.1 Å². The van der Waals surface area contributed by atoms with E-state index in [0.29, 0.717) is 17.7 Å². The monoisotopic (exact) mass is 342 g/mol. The van der Waals surface area contributed by atoms with E-state index in [2.05, 4.69) is 21.2 Å². The van der Waals surface area contributed by atoms with Gasteiger partial charge in [0.15, 0.2) is 0 Å². The average molecular weight is 343 g/mol. The van der Waals surface area contributed by atoms with E-state index in [1.807, 2.05) is 6.92 Å². The van der Waals surface area contributed by atoms with Crippen molar-refractivity contribution in [2.45, 2.75) is 19.4 Å². The van der Waals surface area contributed by atoms with Crippen molar-refractivity contribution in [3.63, 3.8) is 0 Å². The molecular weight excluding hydrogens is 328 g/mol. The minimum Gasteiger partial charge on any atom is -0.381 e. The number of hydrogen-bond donors (Lipinski definition) is 1. The lowest BCUT2D eigenvalue weighted by Gasteiger charge is -2.19. The molecule has 108 valence electrons. The van der Waals surface area contributed by atoms with E-state index in [9.17, 15) is 14.9 Å². The van der Waals surface area contributed by atoms with Crippen LogP contribution < -0.4 is 5.32 Å². The molecule has 6 nitrogen and oxygen atoms in total. The maximum atomic E-state index is 12.2. The fourth-order valence-electron chi connectivity index (χ4n) is 2.15. The molecular formula is C13H15BrN2O4. The van der Waals surface area contributed by atoms with Crippen molar-refractivity contribution in [2.75, 3.05) is 13.2 Å². The number of carbonyl (C=O) groups is 1. The number of ether oxygens (including phenoxy) is 1. The van der Waals surface area contributed by atoms with Gasteiger partial charge in [0.25, 0.3) is 11.6 Å². The molecule has 0 aliphatic carbocycles. The summed E-state index contributed by atoms with van der Waals surface area (Å²) in [6.45, 7) is 3.27. The van der Waals surface area contributed by atoms with Crippen LogP contribution in [0.15, 0.2) is 22.7 Å². The first-order valence-electron chi connectivity index (χ1n) is 6.31. The van der Waals surface area contributed by atoms with Crippen LogP contribution in [-0.2, 0) is 4.74 Å². The van der Waals surface area contributed by atoms with Crippen molar-refractivity contribution in [2.24, 2.45) is 5.92 Å². The summed E-state index contributed by atoms with van der Waals surface area (Å²) in [5.74, 6) is -0.0311. The van der Waals surface area contributed by atoms with E-state index in [1.165, 1.54) is 18.2 Å². The van der Waals surface area contributed by atoms with Crippen molar-refractivity contribution in [3.8, 4) is 0 Å². The van der Waals surface area contributed by atoms with Crippen LogP contribution in [0.1, 0.15) is 23.7 Å². The van der Waals surface area contributed by atoms with Gasteiger partial charge in [-0.15, -0.1) is 0 Å². The van der Waals surface area contributed by atoms with Crippen molar-refractivity contribution in [1.82, 2.24) is 5.32 Å². The summed E-state index contributed by atoms with van der Waals surface area (Å²) in [6, 6.07) is 4.11. The fourth-order valence-corrected chi connectivity index (χ4v) is 2.58. The number of nitro benzene ring substituents is 1. The first kappa shape index (κ1) is 14.9. The third-order valence-corrected chi connectivity index (χ3v) is 4.13. The zero-order valence-electron chi connectivity index (χ0n) is 11.0. The lowest BCUT2D eigenvalue weighted by Crippen LogP contribution is -2.38. The number of nitro groups is 1. The minimum absolute atomic E-state index is 0.0313. The Labute approximate surface area is 124 Å². The molecule has 1 aromatic carbocycles. The number of benzene rings is 1. The summed E-state index contributed by atoms with van der Waals surface area (Å²) >= 11 is 3.25. The van der Waals surface area contributed by atoms with Crippen LogP contribution in [0, 0.1) is 16.0 Å². The molecule has 7 heteroatoms. The van der Waals surface area contributed by atoms with Crippen LogP contribution in [0.2, 0.25) is 0 Å². The molecule has 1 aliphatic rings. The number of carbonyl (C=O) groups excluding carboxylic acids is 1. The molecule has 1 N–H and O–H groups in total. The maximum absolute atomic E-state index is 12.2. The number of halogens is 1. The largest absolute Gasteiger partial charge is 0.381 e. The molecule has 0 aromatic heterocycles. The molecule has 1 fully saturated rings. The number of nitrogens with one attached hydrogen (secondary N) is 1. The van der Waals surface area contributed by atoms with E-state index in [0.717, 1.165) is 6.42 Å². The van der Waals surface area contributed by atoms with Gasteiger partial charge in [0.05, 0.1) is 17.1 Å². The number of rotatable bonds is 4. The van der Waals surface area contributed by atoms with Crippen molar-refractivity contribution >= 4 is 27.5 Å². The highest BCUT2D eigenvalue weighted by molar-refractivity contribution is 9.10. The van der Waals surface area contributed by atoms with Crippen LogP contribution in [0.25, 0.3) is 0 Å². The van der Waals surface area contributed by atoms with E-state index in [4.69, 9.17) is 4.74 Å². The summed E-state index contributed by atoms with van der Waals surface area (Å²) in [7, 11) is 0. The summed E-state index contributed by atoms with van der Waals surface area (Å²) in [4.78, 5) is 22.4. The summed E-state index contributed by atoms with van der Waals surface area (Å²) < 4.78 is 5.83. The summed E-state index contributed by atoms with van der Waals surface area (Å²) in [5.41, 5.74) is 0.167. The highest BCUT2D eigenvalue weighted by Crippen LogP contribution is 2.23. The molecule has 0 spiro atoms. The number of non-ortho nitro benzene ring substituents is 1. The quantitative estimate of drug-likeness (QED) is 0.673. The Morgan fingerprint density at radius 3 is 2.95 bits per heavy atom. The third kappa shape index (κ3) is 3.34. The normalized spacial score (nSPS) is 19.6. The van der Waals surface area contributed by atoms with E-state index < -0.39 is 4.92 Å². The molecule has 1 aliphatic heterocycles. The van der Waals surface area contributed by atoms with Gasteiger partial charge in [0, 0.05) is 35.2 Å². The third-order valence-electron chi connectivity index (χ3n) is 3.44. The Bertz CT molecular complexity index is 529. The van der Waals surface area contributed by atoms with E-state index in [-0.39, 0.29) is 29.1 Å². The van der Waals surface area contributed by atoms with Gasteiger partial charge >= 0.3 is 0 Å². The van der Waals surface area contributed by atoms with Crippen LogP contribution in [0.3, 0.4) is 0 Å². The lowest BCUT2D eigenvalue weighted by molar-refractivity contribution is -0.384. The molecule has 20 heavy (non-hydrogen) atoms. The average Bonchev–Trinajstić information content (AvgIpc) is 2.92. The van der Waals surface area contributed by atoms with Crippen LogP contribution in [0.5, 0.6) is 0 Å². The lowest BCUT2D eigenvalue weighted by atomic mass is 10.0. The zero-order valence-corrected chi connectivity index (χ0v) is 12.6. The van der Waals surface area contributed by atoms with E-state index >= 15 is 0 Å². The Morgan fingerprint density at radius 2 is 2.35 bits per heavy atom. The number of hydrogen-bond acceptors (Lipinski definition) is 4. The summed E-state index contributed by atoms with van der Waals surface area (Å²) in [6.07, 6.45) is 0.914. The summed E-state index contributed by atoms with van der Waals surface area (Å²) in [5, 5.41) is 13.6. The van der Waals surface area contributed by atoms with Gasteiger partial charge in [-0.25, -0.2) is 0 Å². The van der Waals surface area contributed by atoms with Gasteiger partial charge in [-0.3, -0.25) is 14.9 Å². The second-order valence-corrected chi connectivity index (χ2v) is 5.66. The Balaban J connectivity index is 2.11. The molecule has 1 amide bonds. The first-order valence-corrected chi connectivity index (χ1v) is 7.11. The van der Waals surface area contributed by atoms with E-state index in [1.54, 1.807) is 0 Å². The SMILES string of the molecule is CC(NC(=O)c1cc([N+](=O)[O-])ccc1Br)C1CCOC1. The zero-order chi connectivity index (χ0) is 14.7. The molecule has 0 bridgehead atoms. The second kappa shape index (κ2) is 6.32. The maximum Gasteiger partial charge on any atom is 0.270 e. The topological polar surface area (TPSA) is 81.5 Å². The number of amides is 1. The fraction of sp³-hybridized carbons (Fsp3) is 0.462. The van der Waals surface area contributed by atoms with Crippen LogP contribution >= 0.6 is 15.9 Å². The predicted molar refractivity (Wildman–Crippen MR) is 76.7 cm³/mol. The highest BCUT2D eigenvalue weighted by Gasteiger charge is 2.25. The molecule has 1 heterocycles. The molecule has 2 atom stereocenters. The molecule has 2 unspecified atom stereocenters. The smallest absolute Gasteiger partial charge is 0.270 e.